The fourth-order valence-electron chi connectivity index (χ4n) is 2.79. The van der Waals surface area contributed by atoms with E-state index in [1.807, 2.05) is 6.92 Å². The fraction of sp³-hybridized carbons (Fsp3) is 0.353. The molecule has 0 atom stereocenters. The van der Waals surface area contributed by atoms with Gasteiger partial charge in [0.25, 0.3) is 0 Å². The zero-order valence-corrected chi connectivity index (χ0v) is 13.1. The Labute approximate surface area is 137 Å². The highest BCUT2D eigenvalue weighted by Crippen LogP contribution is 2.37. The summed E-state index contributed by atoms with van der Waals surface area (Å²) < 4.78 is 40.5. The number of amides is 1. The Morgan fingerprint density at radius 3 is 2.62 bits per heavy atom. The van der Waals surface area contributed by atoms with Crippen molar-refractivity contribution in [2.75, 3.05) is 11.4 Å². The lowest BCUT2D eigenvalue weighted by molar-refractivity contribution is -0.140. The van der Waals surface area contributed by atoms with Crippen LogP contribution in [0, 0.1) is 6.92 Å². The van der Waals surface area contributed by atoms with E-state index in [-0.39, 0.29) is 30.3 Å². The molecule has 0 radical (unpaired) electrons. The summed E-state index contributed by atoms with van der Waals surface area (Å²) >= 11 is 0. The Morgan fingerprint density at radius 1 is 1.17 bits per heavy atom. The van der Waals surface area contributed by atoms with E-state index in [0.29, 0.717) is 18.4 Å². The molecular formula is C17H16F3N3O. The quantitative estimate of drug-likeness (QED) is 0.834. The topological polar surface area (TPSA) is 46.1 Å². The minimum absolute atomic E-state index is 0.170. The van der Waals surface area contributed by atoms with Crippen LogP contribution in [0.3, 0.4) is 0 Å². The van der Waals surface area contributed by atoms with Gasteiger partial charge < -0.3 is 4.90 Å². The third kappa shape index (κ3) is 3.25. The minimum Gasteiger partial charge on any atom is -0.310 e. The lowest BCUT2D eigenvalue weighted by Crippen LogP contribution is -2.36. The lowest BCUT2D eigenvalue weighted by Gasteiger charge is -2.28. The Kier molecular flexibility index (Phi) is 4.26. The summed E-state index contributed by atoms with van der Waals surface area (Å²) in [4.78, 5) is 21.0. The number of anilines is 1. The van der Waals surface area contributed by atoms with Crippen molar-refractivity contribution in [1.29, 1.82) is 0 Å². The SMILES string of the molecule is Cc1cncc(-c2ccc(N3CCCCC3=O)c(C(F)(F)F)n2)c1. The molecule has 24 heavy (non-hydrogen) atoms. The molecule has 2 aromatic heterocycles. The molecule has 126 valence electrons. The van der Waals surface area contributed by atoms with Crippen molar-refractivity contribution in [2.24, 2.45) is 0 Å². The van der Waals surface area contributed by atoms with Crippen molar-refractivity contribution in [3.8, 4) is 11.3 Å². The number of aromatic nitrogens is 2. The van der Waals surface area contributed by atoms with Gasteiger partial charge in [-0.1, -0.05) is 0 Å². The highest BCUT2D eigenvalue weighted by atomic mass is 19.4. The third-order valence-corrected chi connectivity index (χ3v) is 3.93. The number of pyridine rings is 2. The van der Waals surface area contributed by atoms with E-state index in [1.54, 1.807) is 12.3 Å². The van der Waals surface area contributed by atoms with E-state index in [4.69, 9.17) is 0 Å². The zero-order valence-electron chi connectivity index (χ0n) is 13.1. The Hall–Kier alpha value is -2.44. The van der Waals surface area contributed by atoms with Crippen molar-refractivity contribution in [3.05, 3.63) is 41.9 Å². The van der Waals surface area contributed by atoms with Gasteiger partial charge >= 0.3 is 6.18 Å². The number of alkyl halides is 3. The number of rotatable bonds is 2. The summed E-state index contributed by atoms with van der Waals surface area (Å²) in [5.74, 6) is -0.293. The number of nitrogens with zero attached hydrogens (tertiary/aromatic N) is 3. The number of hydrogen-bond donors (Lipinski definition) is 0. The zero-order chi connectivity index (χ0) is 17.3. The summed E-state index contributed by atoms with van der Waals surface area (Å²) in [6, 6.07) is 4.56. The molecule has 0 saturated carbocycles. The largest absolute Gasteiger partial charge is 0.435 e. The van der Waals surface area contributed by atoms with Gasteiger partial charge in [-0.15, -0.1) is 0 Å². The van der Waals surface area contributed by atoms with Crippen molar-refractivity contribution in [3.63, 3.8) is 0 Å². The number of hydrogen-bond acceptors (Lipinski definition) is 3. The number of carbonyl (C=O) groups excluding carboxylic acids is 1. The molecule has 1 amide bonds. The molecule has 1 fully saturated rings. The molecule has 1 aliphatic heterocycles. The fourth-order valence-corrected chi connectivity index (χ4v) is 2.79. The van der Waals surface area contributed by atoms with Crippen molar-refractivity contribution < 1.29 is 18.0 Å². The molecule has 1 aliphatic rings. The van der Waals surface area contributed by atoms with Crippen LogP contribution in [-0.2, 0) is 11.0 Å². The van der Waals surface area contributed by atoms with Crippen LogP contribution in [0.4, 0.5) is 18.9 Å². The molecule has 0 unspecified atom stereocenters. The highest BCUT2D eigenvalue weighted by molar-refractivity contribution is 5.94. The molecule has 0 spiro atoms. The summed E-state index contributed by atoms with van der Waals surface area (Å²) in [6.45, 7) is 2.09. The Bertz CT molecular complexity index is 774. The second-order valence-electron chi connectivity index (χ2n) is 5.82. The van der Waals surface area contributed by atoms with Gasteiger partial charge in [0, 0.05) is 30.9 Å². The number of carbonyl (C=O) groups is 1. The summed E-state index contributed by atoms with van der Waals surface area (Å²) in [6.07, 6.45) is 0.112. The van der Waals surface area contributed by atoms with Crippen LogP contribution >= 0.6 is 0 Å². The Morgan fingerprint density at radius 2 is 1.96 bits per heavy atom. The molecule has 1 saturated heterocycles. The van der Waals surface area contributed by atoms with Gasteiger partial charge in [0.1, 0.15) is 0 Å². The molecule has 2 aromatic rings. The maximum atomic E-state index is 13.5. The predicted molar refractivity (Wildman–Crippen MR) is 83.4 cm³/mol. The van der Waals surface area contributed by atoms with Gasteiger partial charge in [-0.25, -0.2) is 4.98 Å². The molecule has 0 N–H and O–H groups in total. The van der Waals surface area contributed by atoms with Crippen molar-refractivity contribution in [1.82, 2.24) is 9.97 Å². The minimum atomic E-state index is -4.64. The summed E-state index contributed by atoms with van der Waals surface area (Å²) in [5.41, 5.74) is 0.329. The van der Waals surface area contributed by atoms with Crippen LogP contribution in [-0.4, -0.2) is 22.4 Å². The van der Waals surface area contributed by atoms with Crippen LogP contribution < -0.4 is 4.90 Å². The van der Waals surface area contributed by atoms with Crippen molar-refractivity contribution in [2.45, 2.75) is 32.4 Å². The molecule has 0 aliphatic carbocycles. The molecule has 3 rings (SSSR count). The first-order valence-corrected chi connectivity index (χ1v) is 7.67. The van der Waals surface area contributed by atoms with Crippen LogP contribution in [0.5, 0.6) is 0 Å². The van der Waals surface area contributed by atoms with E-state index in [1.165, 1.54) is 23.2 Å². The molecule has 0 aromatic carbocycles. The first-order valence-electron chi connectivity index (χ1n) is 7.67. The van der Waals surface area contributed by atoms with Gasteiger partial charge in [0.05, 0.1) is 11.4 Å². The monoisotopic (exact) mass is 335 g/mol. The van der Waals surface area contributed by atoms with Gasteiger partial charge in [0.15, 0.2) is 5.69 Å². The van der Waals surface area contributed by atoms with E-state index >= 15 is 0 Å². The van der Waals surface area contributed by atoms with E-state index in [0.717, 1.165) is 5.56 Å². The summed E-state index contributed by atoms with van der Waals surface area (Å²) in [5, 5.41) is 0. The number of piperidine rings is 1. The lowest BCUT2D eigenvalue weighted by atomic mass is 10.1. The van der Waals surface area contributed by atoms with Gasteiger partial charge in [-0.3, -0.25) is 9.78 Å². The maximum absolute atomic E-state index is 13.5. The van der Waals surface area contributed by atoms with Crippen LogP contribution in [0.15, 0.2) is 30.6 Å². The average Bonchev–Trinajstić information content (AvgIpc) is 2.54. The predicted octanol–water partition coefficient (Wildman–Crippen LogP) is 3.99. The van der Waals surface area contributed by atoms with E-state index < -0.39 is 11.9 Å². The summed E-state index contributed by atoms with van der Waals surface area (Å²) in [7, 11) is 0. The standard InChI is InChI=1S/C17H16F3N3O/c1-11-8-12(10-21-9-11)13-5-6-14(16(22-13)17(18,19)20)23-7-3-2-4-15(23)24/h5-6,8-10H,2-4,7H2,1H3. The first kappa shape index (κ1) is 16.4. The molecule has 4 nitrogen and oxygen atoms in total. The van der Waals surface area contributed by atoms with Crippen LogP contribution in [0.2, 0.25) is 0 Å². The smallest absolute Gasteiger partial charge is 0.310 e. The van der Waals surface area contributed by atoms with Gasteiger partial charge in [-0.05, 0) is 43.5 Å². The van der Waals surface area contributed by atoms with Gasteiger partial charge in [-0.2, -0.15) is 13.2 Å². The second-order valence-corrected chi connectivity index (χ2v) is 5.82. The van der Waals surface area contributed by atoms with Crippen LogP contribution in [0.25, 0.3) is 11.3 Å². The number of halogens is 3. The Balaban J connectivity index is 2.09. The molecule has 7 heteroatoms. The van der Waals surface area contributed by atoms with Gasteiger partial charge in [0.2, 0.25) is 5.91 Å². The third-order valence-electron chi connectivity index (χ3n) is 3.93. The van der Waals surface area contributed by atoms with E-state index in [9.17, 15) is 18.0 Å². The second kappa shape index (κ2) is 6.22. The molecule has 3 heterocycles. The highest BCUT2D eigenvalue weighted by Gasteiger charge is 2.38. The maximum Gasteiger partial charge on any atom is 0.435 e. The normalized spacial score (nSPS) is 15.7. The van der Waals surface area contributed by atoms with Crippen molar-refractivity contribution >= 4 is 11.6 Å². The molecule has 0 bridgehead atoms. The number of aryl methyl sites for hydroxylation is 1. The van der Waals surface area contributed by atoms with E-state index in [2.05, 4.69) is 9.97 Å². The van der Waals surface area contributed by atoms with Crippen LogP contribution in [0.1, 0.15) is 30.5 Å². The molecular weight excluding hydrogens is 319 g/mol. The average molecular weight is 335 g/mol. The first-order chi connectivity index (χ1) is 11.4.